The van der Waals surface area contributed by atoms with Crippen molar-refractivity contribution in [1.82, 2.24) is 0 Å². The number of hydrogen-bond acceptors (Lipinski definition) is 2. The van der Waals surface area contributed by atoms with Gasteiger partial charge in [-0.1, -0.05) is 44.2 Å². The van der Waals surface area contributed by atoms with Gasteiger partial charge in [-0.15, -0.1) is 0 Å². The van der Waals surface area contributed by atoms with E-state index in [-0.39, 0.29) is 6.61 Å². The van der Waals surface area contributed by atoms with Crippen molar-refractivity contribution in [3.8, 4) is 0 Å². The maximum atomic E-state index is 9.16. The molecule has 0 spiro atoms. The van der Waals surface area contributed by atoms with Crippen molar-refractivity contribution in [3.05, 3.63) is 35.9 Å². The maximum absolute atomic E-state index is 9.16. The molecule has 0 fully saturated rings. The molecule has 2 nitrogen and oxygen atoms in total. The molecule has 0 bridgehead atoms. The molecule has 0 radical (unpaired) electrons. The molecule has 0 heterocycles. The Labute approximate surface area is 98.3 Å². The zero-order chi connectivity index (χ0) is 11.8. The second-order valence-electron chi connectivity index (χ2n) is 4.51. The Morgan fingerprint density at radius 3 is 2.44 bits per heavy atom. The minimum absolute atomic E-state index is 0.256. The summed E-state index contributed by atoms with van der Waals surface area (Å²) in [6, 6.07) is 10.2. The second-order valence-corrected chi connectivity index (χ2v) is 4.51. The molecule has 2 heteroatoms. The van der Waals surface area contributed by atoms with Crippen LogP contribution in [0.4, 0.5) is 0 Å². The molecule has 90 valence electrons. The van der Waals surface area contributed by atoms with Gasteiger partial charge in [0.25, 0.3) is 0 Å². The molecule has 0 aliphatic rings. The predicted octanol–water partition coefficient (Wildman–Crippen LogP) is 2.86. The normalized spacial score (nSPS) is 13.0. The van der Waals surface area contributed by atoms with E-state index in [1.807, 2.05) is 18.2 Å². The Morgan fingerprint density at radius 2 is 1.88 bits per heavy atom. The van der Waals surface area contributed by atoms with Crippen molar-refractivity contribution in [2.24, 2.45) is 11.8 Å². The summed E-state index contributed by atoms with van der Waals surface area (Å²) >= 11 is 0. The van der Waals surface area contributed by atoms with E-state index in [0.717, 1.165) is 13.0 Å². The molecule has 0 amide bonds. The van der Waals surface area contributed by atoms with Crippen LogP contribution in [0.2, 0.25) is 0 Å². The highest BCUT2D eigenvalue weighted by Crippen LogP contribution is 2.14. The standard InChI is InChI=1S/C14H22O2/c1-12(2)14(10-15)8-9-16-11-13-6-4-3-5-7-13/h3-7,12,14-15H,8-11H2,1-2H3. The lowest BCUT2D eigenvalue weighted by Gasteiger charge is -2.17. The number of aliphatic hydroxyl groups is 1. The van der Waals surface area contributed by atoms with Crippen LogP contribution in [0, 0.1) is 11.8 Å². The Morgan fingerprint density at radius 1 is 1.19 bits per heavy atom. The molecule has 1 atom stereocenters. The van der Waals surface area contributed by atoms with Crippen LogP contribution in [0.3, 0.4) is 0 Å². The summed E-state index contributed by atoms with van der Waals surface area (Å²) in [7, 11) is 0. The van der Waals surface area contributed by atoms with Crippen molar-refractivity contribution in [1.29, 1.82) is 0 Å². The lowest BCUT2D eigenvalue weighted by Crippen LogP contribution is -2.15. The Kier molecular flexibility index (Phi) is 6.12. The number of aliphatic hydroxyl groups excluding tert-OH is 1. The molecule has 16 heavy (non-hydrogen) atoms. The van der Waals surface area contributed by atoms with Gasteiger partial charge in [0.2, 0.25) is 0 Å². The molecule has 1 aromatic rings. The van der Waals surface area contributed by atoms with Gasteiger partial charge in [-0.2, -0.15) is 0 Å². The minimum Gasteiger partial charge on any atom is -0.396 e. The Bertz CT molecular complexity index is 269. The smallest absolute Gasteiger partial charge is 0.0716 e. The predicted molar refractivity (Wildman–Crippen MR) is 66.1 cm³/mol. The van der Waals surface area contributed by atoms with Crippen LogP contribution < -0.4 is 0 Å². The first-order chi connectivity index (χ1) is 7.74. The quantitative estimate of drug-likeness (QED) is 0.719. The molecule has 1 N–H and O–H groups in total. The first-order valence-corrected chi connectivity index (χ1v) is 5.96. The van der Waals surface area contributed by atoms with Crippen LogP contribution in [-0.4, -0.2) is 18.3 Å². The van der Waals surface area contributed by atoms with E-state index < -0.39 is 0 Å². The van der Waals surface area contributed by atoms with Gasteiger partial charge in [0, 0.05) is 13.2 Å². The average molecular weight is 222 g/mol. The van der Waals surface area contributed by atoms with Crippen LogP contribution >= 0.6 is 0 Å². The zero-order valence-corrected chi connectivity index (χ0v) is 10.2. The summed E-state index contributed by atoms with van der Waals surface area (Å²) < 4.78 is 5.59. The first kappa shape index (κ1) is 13.2. The molecular weight excluding hydrogens is 200 g/mol. The fourth-order valence-electron chi connectivity index (χ4n) is 1.63. The number of hydrogen-bond donors (Lipinski definition) is 1. The van der Waals surface area contributed by atoms with Gasteiger partial charge < -0.3 is 9.84 Å². The van der Waals surface area contributed by atoms with E-state index >= 15 is 0 Å². The summed E-state index contributed by atoms with van der Waals surface area (Å²) in [5.41, 5.74) is 1.20. The fourth-order valence-corrected chi connectivity index (χ4v) is 1.63. The van der Waals surface area contributed by atoms with E-state index in [4.69, 9.17) is 9.84 Å². The lowest BCUT2D eigenvalue weighted by molar-refractivity contribution is 0.0841. The summed E-state index contributed by atoms with van der Waals surface area (Å²) in [6.07, 6.45) is 0.932. The molecule has 0 aliphatic heterocycles. The molecular formula is C14H22O2. The van der Waals surface area contributed by atoms with Gasteiger partial charge in [0.05, 0.1) is 6.61 Å². The average Bonchev–Trinajstić information content (AvgIpc) is 2.30. The van der Waals surface area contributed by atoms with E-state index in [0.29, 0.717) is 18.4 Å². The van der Waals surface area contributed by atoms with Gasteiger partial charge in [0.1, 0.15) is 0 Å². The lowest BCUT2D eigenvalue weighted by atomic mass is 9.94. The molecule has 0 saturated heterocycles. The maximum Gasteiger partial charge on any atom is 0.0716 e. The monoisotopic (exact) mass is 222 g/mol. The van der Waals surface area contributed by atoms with Crippen LogP contribution in [0.25, 0.3) is 0 Å². The Balaban J connectivity index is 2.16. The van der Waals surface area contributed by atoms with Crippen LogP contribution in [0.15, 0.2) is 30.3 Å². The number of ether oxygens (including phenoxy) is 1. The summed E-state index contributed by atoms with van der Waals surface area (Å²) in [6.45, 7) is 5.91. The molecule has 0 aliphatic carbocycles. The minimum atomic E-state index is 0.256. The van der Waals surface area contributed by atoms with E-state index in [1.54, 1.807) is 0 Å². The largest absolute Gasteiger partial charge is 0.396 e. The second kappa shape index (κ2) is 7.42. The molecule has 1 rings (SSSR count). The van der Waals surface area contributed by atoms with E-state index in [9.17, 15) is 0 Å². The van der Waals surface area contributed by atoms with Gasteiger partial charge in [-0.05, 0) is 23.8 Å². The van der Waals surface area contributed by atoms with Crippen LogP contribution in [0.5, 0.6) is 0 Å². The summed E-state index contributed by atoms with van der Waals surface area (Å²) in [5.74, 6) is 0.876. The van der Waals surface area contributed by atoms with Crippen LogP contribution in [-0.2, 0) is 11.3 Å². The Hall–Kier alpha value is -0.860. The molecule has 0 saturated carbocycles. The third-order valence-electron chi connectivity index (χ3n) is 2.92. The fraction of sp³-hybridized carbons (Fsp3) is 0.571. The van der Waals surface area contributed by atoms with Crippen LogP contribution in [0.1, 0.15) is 25.8 Å². The third kappa shape index (κ3) is 4.77. The van der Waals surface area contributed by atoms with Gasteiger partial charge in [-0.3, -0.25) is 0 Å². The summed E-state index contributed by atoms with van der Waals surface area (Å²) in [4.78, 5) is 0. The van der Waals surface area contributed by atoms with E-state index in [1.165, 1.54) is 5.56 Å². The highest BCUT2D eigenvalue weighted by molar-refractivity contribution is 5.13. The zero-order valence-electron chi connectivity index (χ0n) is 10.2. The first-order valence-electron chi connectivity index (χ1n) is 5.96. The van der Waals surface area contributed by atoms with Crippen molar-refractivity contribution < 1.29 is 9.84 Å². The summed E-state index contributed by atoms with van der Waals surface area (Å²) in [5, 5.41) is 9.16. The van der Waals surface area contributed by atoms with Crippen molar-refractivity contribution in [2.75, 3.05) is 13.2 Å². The van der Waals surface area contributed by atoms with Crippen molar-refractivity contribution >= 4 is 0 Å². The van der Waals surface area contributed by atoms with Gasteiger partial charge in [0.15, 0.2) is 0 Å². The topological polar surface area (TPSA) is 29.5 Å². The van der Waals surface area contributed by atoms with Gasteiger partial charge in [-0.25, -0.2) is 0 Å². The van der Waals surface area contributed by atoms with E-state index in [2.05, 4.69) is 26.0 Å². The third-order valence-corrected chi connectivity index (χ3v) is 2.92. The highest BCUT2D eigenvalue weighted by atomic mass is 16.5. The molecule has 0 aromatic heterocycles. The SMILES string of the molecule is CC(C)C(CO)CCOCc1ccccc1. The van der Waals surface area contributed by atoms with Crippen molar-refractivity contribution in [2.45, 2.75) is 26.9 Å². The van der Waals surface area contributed by atoms with Gasteiger partial charge >= 0.3 is 0 Å². The number of rotatable bonds is 7. The number of benzene rings is 1. The highest BCUT2D eigenvalue weighted by Gasteiger charge is 2.11. The molecule has 1 unspecified atom stereocenters. The van der Waals surface area contributed by atoms with Crippen molar-refractivity contribution in [3.63, 3.8) is 0 Å². The molecule has 1 aromatic carbocycles.